The van der Waals surface area contributed by atoms with Gasteiger partial charge in [0.05, 0.1) is 13.2 Å². The number of ether oxygens (including phenoxy) is 2. The van der Waals surface area contributed by atoms with E-state index in [0.29, 0.717) is 25.7 Å². The number of hydrogen-bond donors (Lipinski definition) is 1. The molecule has 6 nitrogen and oxygen atoms in total. The van der Waals surface area contributed by atoms with Crippen LogP contribution in [-0.2, 0) is 16.0 Å². The molecule has 26 heavy (non-hydrogen) atoms. The smallest absolute Gasteiger partial charge is 0.225 e. The third-order valence-electron chi connectivity index (χ3n) is 4.87. The normalized spacial score (nSPS) is 19.1. The minimum Gasteiger partial charge on any atom is -0.356 e. The van der Waals surface area contributed by atoms with Gasteiger partial charge >= 0.3 is 0 Å². The first-order valence-electron chi connectivity index (χ1n) is 8.99. The maximum atomic E-state index is 13.0. The van der Waals surface area contributed by atoms with Gasteiger partial charge in [0.1, 0.15) is 11.6 Å². The molecular weight excluding hydrogens is 335 g/mol. The molecule has 1 N–H and O–H groups in total. The summed E-state index contributed by atoms with van der Waals surface area (Å²) in [6, 6.07) is 8.42. The molecule has 3 heterocycles. The van der Waals surface area contributed by atoms with E-state index in [4.69, 9.17) is 9.47 Å². The molecule has 1 spiro atoms. The lowest BCUT2D eigenvalue weighted by molar-refractivity contribution is -0.169. The van der Waals surface area contributed by atoms with E-state index in [0.717, 1.165) is 43.0 Å². The monoisotopic (exact) mass is 358 g/mol. The fourth-order valence-corrected chi connectivity index (χ4v) is 3.44. The van der Waals surface area contributed by atoms with Crippen molar-refractivity contribution in [2.24, 2.45) is 0 Å². The zero-order chi connectivity index (χ0) is 18.0. The van der Waals surface area contributed by atoms with E-state index in [1.54, 1.807) is 12.1 Å². The van der Waals surface area contributed by atoms with Gasteiger partial charge < -0.3 is 19.7 Å². The molecule has 0 amide bonds. The number of benzene rings is 1. The van der Waals surface area contributed by atoms with E-state index in [2.05, 4.69) is 20.2 Å². The predicted octanol–water partition coefficient (Wildman–Crippen LogP) is 2.88. The van der Waals surface area contributed by atoms with Crippen LogP contribution in [0.2, 0.25) is 0 Å². The van der Waals surface area contributed by atoms with Gasteiger partial charge in [-0.2, -0.15) is 4.98 Å². The van der Waals surface area contributed by atoms with Gasteiger partial charge in [-0.05, 0) is 24.6 Å². The number of hydrogen-bond acceptors (Lipinski definition) is 6. The Bertz CT molecular complexity index is 753. The van der Waals surface area contributed by atoms with Gasteiger partial charge in [0, 0.05) is 44.2 Å². The summed E-state index contributed by atoms with van der Waals surface area (Å²) >= 11 is 0. The molecule has 7 heteroatoms. The molecule has 1 aromatic carbocycles. The molecule has 2 aliphatic heterocycles. The van der Waals surface area contributed by atoms with Crippen molar-refractivity contribution in [2.45, 2.75) is 32.1 Å². The molecule has 4 rings (SSSR count). The van der Waals surface area contributed by atoms with Crippen LogP contribution in [0.1, 0.15) is 24.1 Å². The summed E-state index contributed by atoms with van der Waals surface area (Å²) in [5, 5.41) is 3.23. The minimum absolute atomic E-state index is 0.235. The highest BCUT2D eigenvalue weighted by atomic mass is 19.1. The number of rotatable bonds is 4. The summed E-state index contributed by atoms with van der Waals surface area (Å²) in [4.78, 5) is 11.4. The first-order chi connectivity index (χ1) is 12.6. The zero-order valence-electron chi connectivity index (χ0n) is 14.9. The van der Waals surface area contributed by atoms with E-state index >= 15 is 0 Å². The average molecular weight is 358 g/mol. The van der Waals surface area contributed by atoms with Crippen LogP contribution in [0.5, 0.6) is 0 Å². The minimum atomic E-state index is -0.387. The lowest BCUT2D eigenvalue weighted by atomic mass is 10.0. The van der Waals surface area contributed by atoms with Crippen molar-refractivity contribution >= 4 is 11.8 Å². The molecule has 0 atom stereocenters. The van der Waals surface area contributed by atoms with E-state index in [1.807, 2.05) is 13.0 Å². The number of piperidine rings is 1. The number of halogens is 1. The van der Waals surface area contributed by atoms with Crippen LogP contribution in [0.25, 0.3) is 0 Å². The summed E-state index contributed by atoms with van der Waals surface area (Å²) in [6.07, 6.45) is 1.68. The summed E-state index contributed by atoms with van der Waals surface area (Å²) in [6.45, 7) is 5.56. The Morgan fingerprint density at radius 2 is 1.81 bits per heavy atom. The van der Waals surface area contributed by atoms with Crippen molar-refractivity contribution in [1.82, 2.24) is 9.97 Å². The van der Waals surface area contributed by atoms with Crippen molar-refractivity contribution in [3.8, 4) is 0 Å². The van der Waals surface area contributed by atoms with Gasteiger partial charge in [0.15, 0.2) is 5.79 Å². The van der Waals surface area contributed by atoms with E-state index < -0.39 is 0 Å². The van der Waals surface area contributed by atoms with Gasteiger partial charge in [0.25, 0.3) is 0 Å². The van der Waals surface area contributed by atoms with Crippen molar-refractivity contribution in [1.29, 1.82) is 0 Å². The molecule has 0 saturated carbocycles. The Kier molecular flexibility index (Phi) is 4.74. The predicted molar refractivity (Wildman–Crippen MR) is 96.6 cm³/mol. The largest absolute Gasteiger partial charge is 0.356 e. The standard InChI is InChI=1S/C19H23FN4O2/c1-14-12-17(24-8-6-19(7-9-24)25-10-11-26-19)23-18(22-14)21-13-15-2-4-16(20)5-3-15/h2-5,12H,6-11,13H2,1H3,(H,21,22,23). The van der Waals surface area contributed by atoms with Gasteiger partial charge in [-0.15, -0.1) is 0 Å². The molecule has 2 fully saturated rings. The molecule has 138 valence electrons. The van der Waals surface area contributed by atoms with Gasteiger partial charge in [-0.3, -0.25) is 0 Å². The van der Waals surface area contributed by atoms with Crippen LogP contribution in [0, 0.1) is 12.7 Å². The second-order valence-electron chi connectivity index (χ2n) is 6.77. The maximum absolute atomic E-state index is 13.0. The number of aryl methyl sites for hydroxylation is 1. The summed E-state index contributed by atoms with van der Waals surface area (Å²) in [7, 11) is 0. The van der Waals surface area contributed by atoms with E-state index in [1.165, 1.54) is 12.1 Å². The third kappa shape index (κ3) is 3.78. The fraction of sp³-hybridized carbons (Fsp3) is 0.474. The molecule has 2 aliphatic rings. The number of nitrogens with zero attached hydrogens (tertiary/aromatic N) is 3. The number of nitrogens with one attached hydrogen (secondary N) is 1. The first-order valence-corrected chi connectivity index (χ1v) is 8.99. The Hall–Kier alpha value is -2.25. The van der Waals surface area contributed by atoms with Crippen LogP contribution in [0.15, 0.2) is 30.3 Å². The second kappa shape index (κ2) is 7.17. The van der Waals surface area contributed by atoms with Gasteiger partial charge in [-0.1, -0.05) is 12.1 Å². The fourth-order valence-electron chi connectivity index (χ4n) is 3.44. The van der Waals surface area contributed by atoms with Crippen molar-refractivity contribution in [3.05, 3.63) is 47.4 Å². The SMILES string of the molecule is Cc1cc(N2CCC3(CC2)OCCO3)nc(NCc2ccc(F)cc2)n1. The number of aromatic nitrogens is 2. The Labute approximate surface area is 152 Å². The van der Waals surface area contributed by atoms with Crippen LogP contribution < -0.4 is 10.2 Å². The average Bonchev–Trinajstić information content (AvgIpc) is 3.09. The van der Waals surface area contributed by atoms with Gasteiger partial charge in [0.2, 0.25) is 5.95 Å². The Morgan fingerprint density at radius 1 is 1.12 bits per heavy atom. The molecule has 0 aliphatic carbocycles. The summed E-state index contributed by atoms with van der Waals surface area (Å²) in [5.74, 6) is 0.869. The lowest BCUT2D eigenvalue weighted by Gasteiger charge is -2.38. The molecule has 0 unspecified atom stereocenters. The van der Waals surface area contributed by atoms with Crippen LogP contribution in [0.4, 0.5) is 16.2 Å². The quantitative estimate of drug-likeness (QED) is 0.907. The molecular formula is C19H23FN4O2. The Balaban J connectivity index is 1.42. The van der Waals surface area contributed by atoms with Crippen molar-refractivity contribution in [3.63, 3.8) is 0 Å². The maximum Gasteiger partial charge on any atom is 0.225 e. The first kappa shape index (κ1) is 17.2. The van der Waals surface area contributed by atoms with Gasteiger partial charge in [-0.25, -0.2) is 9.37 Å². The van der Waals surface area contributed by atoms with Crippen molar-refractivity contribution < 1.29 is 13.9 Å². The van der Waals surface area contributed by atoms with Crippen molar-refractivity contribution in [2.75, 3.05) is 36.5 Å². The zero-order valence-corrected chi connectivity index (χ0v) is 14.9. The van der Waals surface area contributed by atoms with Crippen LogP contribution in [-0.4, -0.2) is 42.1 Å². The van der Waals surface area contributed by atoms with E-state index in [-0.39, 0.29) is 11.6 Å². The topological polar surface area (TPSA) is 59.5 Å². The lowest BCUT2D eigenvalue weighted by Crippen LogP contribution is -2.45. The third-order valence-corrected chi connectivity index (χ3v) is 4.87. The number of anilines is 2. The highest BCUT2D eigenvalue weighted by Gasteiger charge is 2.40. The molecule has 0 radical (unpaired) electrons. The molecule has 2 saturated heterocycles. The molecule has 2 aromatic rings. The highest BCUT2D eigenvalue weighted by Crippen LogP contribution is 2.33. The van der Waals surface area contributed by atoms with Crippen LogP contribution >= 0.6 is 0 Å². The molecule has 1 aromatic heterocycles. The Morgan fingerprint density at radius 3 is 2.50 bits per heavy atom. The highest BCUT2D eigenvalue weighted by molar-refractivity contribution is 5.45. The molecule has 0 bridgehead atoms. The summed E-state index contributed by atoms with van der Waals surface area (Å²) in [5.41, 5.74) is 1.89. The second-order valence-corrected chi connectivity index (χ2v) is 6.77. The summed E-state index contributed by atoms with van der Waals surface area (Å²) < 4.78 is 24.6. The van der Waals surface area contributed by atoms with E-state index in [9.17, 15) is 4.39 Å². The van der Waals surface area contributed by atoms with Crippen LogP contribution in [0.3, 0.4) is 0 Å².